The first-order valence-electron chi connectivity index (χ1n) is 6.64. The number of hydrogen-bond acceptors (Lipinski definition) is 3. The third kappa shape index (κ3) is 3.20. The van der Waals surface area contributed by atoms with Gasteiger partial charge in [-0.2, -0.15) is 0 Å². The summed E-state index contributed by atoms with van der Waals surface area (Å²) in [5.74, 6) is -0.00142. The largest absolute Gasteiger partial charge is 0.312 e. The number of rotatable bonds is 5. The number of hydrogen-bond donors (Lipinski definition) is 1. The first-order valence-corrected chi connectivity index (χ1v) is 8.91. The molecular formula is C14H17BrN2O3S. The minimum Gasteiger partial charge on any atom is -0.312 e. The molecule has 1 amide bonds. The lowest BCUT2D eigenvalue weighted by Gasteiger charge is -2.18. The van der Waals surface area contributed by atoms with Gasteiger partial charge in [0.2, 0.25) is 15.9 Å². The molecule has 0 unspecified atom stereocenters. The van der Waals surface area contributed by atoms with E-state index in [-0.39, 0.29) is 17.3 Å². The fourth-order valence-electron chi connectivity index (χ4n) is 2.29. The van der Waals surface area contributed by atoms with E-state index in [4.69, 9.17) is 0 Å². The van der Waals surface area contributed by atoms with E-state index in [0.717, 1.165) is 12.0 Å². The van der Waals surface area contributed by atoms with Gasteiger partial charge in [0.25, 0.3) is 0 Å². The molecule has 21 heavy (non-hydrogen) atoms. The predicted molar refractivity (Wildman–Crippen MR) is 85.9 cm³/mol. The van der Waals surface area contributed by atoms with Gasteiger partial charge < -0.3 is 4.90 Å². The Hall–Kier alpha value is -1.18. The van der Waals surface area contributed by atoms with E-state index in [0.29, 0.717) is 23.1 Å². The summed E-state index contributed by atoms with van der Waals surface area (Å²) in [7, 11) is -3.64. The molecule has 0 atom stereocenters. The zero-order valence-electron chi connectivity index (χ0n) is 11.7. The van der Waals surface area contributed by atoms with E-state index >= 15 is 0 Å². The highest BCUT2D eigenvalue weighted by Crippen LogP contribution is 2.35. The van der Waals surface area contributed by atoms with Crippen molar-refractivity contribution in [3.63, 3.8) is 0 Å². The van der Waals surface area contributed by atoms with Crippen LogP contribution in [0.3, 0.4) is 0 Å². The molecule has 0 spiro atoms. The number of nitrogens with zero attached hydrogens (tertiary/aromatic N) is 1. The minimum atomic E-state index is -3.64. The zero-order chi connectivity index (χ0) is 15.6. The Labute approximate surface area is 133 Å². The maximum atomic E-state index is 12.3. The van der Waals surface area contributed by atoms with Crippen LogP contribution in [0.15, 0.2) is 34.2 Å². The molecule has 0 aromatic heterocycles. The van der Waals surface area contributed by atoms with Crippen molar-refractivity contribution in [2.75, 3.05) is 18.0 Å². The standard InChI is InChI=1S/C14H17BrN2O3S/c1-3-6-16-21(19,20)13-9-12-10(8-11(13)15)5-7-17(12)14(18)4-2/h3,8-9,16H,1,4-7H2,2H3. The average Bonchev–Trinajstić information content (AvgIpc) is 2.86. The van der Waals surface area contributed by atoms with Crippen LogP contribution in [0, 0.1) is 0 Å². The molecule has 7 heteroatoms. The summed E-state index contributed by atoms with van der Waals surface area (Å²) in [5.41, 5.74) is 1.66. The Bertz CT molecular complexity index is 686. The van der Waals surface area contributed by atoms with Crippen LogP contribution in [-0.4, -0.2) is 27.4 Å². The third-order valence-electron chi connectivity index (χ3n) is 3.34. The van der Waals surface area contributed by atoms with Gasteiger partial charge in [-0.3, -0.25) is 4.79 Å². The van der Waals surface area contributed by atoms with Gasteiger partial charge in [0, 0.05) is 29.7 Å². The van der Waals surface area contributed by atoms with E-state index in [9.17, 15) is 13.2 Å². The summed E-state index contributed by atoms with van der Waals surface area (Å²) in [4.78, 5) is 13.7. The highest BCUT2D eigenvalue weighted by atomic mass is 79.9. The van der Waals surface area contributed by atoms with Gasteiger partial charge in [-0.15, -0.1) is 6.58 Å². The molecule has 1 aliphatic rings. The zero-order valence-corrected chi connectivity index (χ0v) is 14.1. The van der Waals surface area contributed by atoms with E-state index in [1.165, 1.54) is 6.08 Å². The Morgan fingerprint density at radius 2 is 2.24 bits per heavy atom. The number of anilines is 1. The van der Waals surface area contributed by atoms with Crippen LogP contribution >= 0.6 is 15.9 Å². The summed E-state index contributed by atoms with van der Waals surface area (Å²) in [6.07, 6.45) is 2.61. The second-order valence-corrected chi connectivity index (χ2v) is 7.29. The van der Waals surface area contributed by atoms with Crippen LogP contribution in [0.25, 0.3) is 0 Å². The number of halogens is 1. The van der Waals surface area contributed by atoms with Crippen molar-refractivity contribution in [3.05, 3.63) is 34.8 Å². The number of carbonyl (C=O) groups excluding carboxylic acids is 1. The first-order chi connectivity index (χ1) is 9.90. The number of amides is 1. The molecule has 0 bridgehead atoms. The van der Waals surface area contributed by atoms with Crippen LogP contribution in [0.5, 0.6) is 0 Å². The monoisotopic (exact) mass is 372 g/mol. The Balaban J connectivity index is 2.47. The molecule has 5 nitrogen and oxygen atoms in total. The van der Waals surface area contributed by atoms with Gasteiger partial charge in [-0.05, 0) is 40.0 Å². The molecule has 0 saturated carbocycles. The number of fused-ring (bicyclic) bond motifs is 1. The molecule has 0 radical (unpaired) electrons. The van der Waals surface area contributed by atoms with Gasteiger partial charge in [0.15, 0.2) is 0 Å². The highest BCUT2D eigenvalue weighted by molar-refractivity contribution is 9.10. The molecule has 1 aromatic rings. The van der Waals surface area contributed by atoms with Crippen molar-refractivity contribution in [3.8, 4) is 0 Å². The summed E-state index contributed by atoms with van der Waals surface area (Å²) >= 11 is 3.30. The fourth-order valence-corrected chi connectivity index (χ4v) is 4.40. The van der Waals surface area contributed by atoms with Crippen molar-refractivity contribution in [1.29, 1.82) is 0 Å². The Morgan fingerprint density at radius 3 is 2.86 bits per heavy atom. The van der Waals surface area contributed by atoms with E-state index < -0.39 is 10.0 Å². The van der Waals surface area contributed by atoms with E-state index in [1.807, 2.05) is 0 Å². The molecule has 114 valence electrons. The van der Waals surface area contributed by atoms with E-state index in [2.05, 4.69) is 27.2 Å². The van der Waals surface area contributed by atoms with Crippen LogP contribution in [0.4, 0.5) is 5.69 Å². The predicted octanol–water partition coefficient (Wildman–Crippen LogP) is 2.21. The third-order valence-corrected chi connectivity index (χ3v) is 5.72. The average molecular weight is 373 g/mol. The highest BCUT2D eigenvalue weighted by Gasteiger charge is 2.27. The summed E-state index contributed by atoms with van der Waals surface area (Å²) in [5, 5.41) is 0. The second-order valence-electron chi connectivity index (χ2n) is 4.70. The summed E-state index contributed by atoms with van der Waals surface area (Å²) < 4.78 is 27.5. The lowest BCUT2D eigenvalue weighted by atomic mass is 10.2. The Morgan fingerprint density at radius 1 is 1.52 bits per heavy atom. The topological polar surface area (TPSA) is 66.5 Å². The van der Waals surface area contributed by atoms with Crippen molar-refractivity contribution in [2.45, 2.75) is 24.7 Å². The number of sulfonamides is 1. The summed E-state index contributed by atoms with van der Waals surface area (Å²) in [6, 6.07) is 3.34. The maximum Gasteiger partial charge on any atom is 0.242 e. The van der Waals surface area contributed by atoms with Crippen LogP contribution < -0.4 is 9.62 Å². The Kier molecular flexibility index (Phi) is 4.85. The quantitative estimate of drug-likeness (QED) is 0.805. The van der Waals surface area contributed by atoms with Crippen molar-refractivity contribution >= 4 is 37.5 Å². The molecule has 0 aliphatic carbocycles. The lowest BCUT2D eigenvalue weighted by molar-refractivity contribution is -0.118. The van der Waals surface area contributed by atoms with Crippen molar-refractivity contribution in [1.82, 2.24) is 4.72 Å². The smallest absolute Gasteiger partial charge is 0.242 e. The van der Waals surface area contributed by atoms with Crippen molar-refractivity contribution in [2.24, 2.45) is 0 Å². The summed E-state index contributed by atoms with van der Waals surface area (Å²) in [6.45, 7) is 6.04. The number of nitrogens with one attached hydrogen (secondary N) is 1. The van der Waals surface area contributed by atoms with Crippen LogP contribution in [0.2, 0.25) is 0 Å². The number of benzene rings is 1. The van der Waals surface area contributed by atoms with Gasteiger partial charge in [0.05, 0.1) is 4.90 Å². The minimum absolute atomic E-state index is 0.00142. The molecule has 1 N–H and O–H groups in total. The SMILES string of the molecule is C=CCNS(=O)(=O)c1cc2c(cc1Br)CCN2C(=O)CC. The van der Waals surface area contributed by atoms with Crippen LogP contribution in [-0.2, 0) is 21.2 Å². The fraction of sp³-hybridized carbons (Fsp3) is 0.357. The van der Waals surface area contributed by atoms with Gasteiger partial charge >= 0.3 is 0 Å². The van der Waals surface area contributed by atoms with Crippen molar-refractivity contribution < 1.29 is 13.2 Å². The number of carbonyl (C=O) groups is 1. The normalized spacial score (nSPS) is 14.1. The van der Waals surface area contributed by atoms with Gasteiger partial charge in [0.1, 0.15) is 0 Å². The van der Waals surface area contributed by atoms with Gasteiger partial charge in [-0.1, -0.05) is 13.0 Å². The van der Waals surface area contributed by atoms with Gasteiger partial charge in [-0.25, -0.2) is 13.1 Å². The maximum absolute atomic E-state index is 12.3. The molecule has 1 heterocycles. The molecular weight excluding hydrogens is 356 g/mol. The molecule has 2 rings (SSSR count). The molecule has 0 saturated heterocycles. The lowest BCUT2D eigenvalue weighted by Crippen LogP contribution is -2.28. The molecule has 1 aromatic carbocycles. The van der Waals surface area contributed by atoms with Crippen LogP contribution in [0.1, 0.15) is 18.9 Å². The van der Waals surface area contributed by atoms with E-state index in [1.54, 1.807) is 24.0 Å². The first kappa shape index (κ1) is 16.2. The molecule has 0 fully saturated rings. The second kappa shape index (κ2) is 6.29. The molecule has 1 aliphatic heterocycles.